The van der Waals surface area contributed by atoms with E-state index in [0.717, 1.165) is 32.5 Å². The number of hydrogen-bond acceptors (Lipinski definition) is 4. The van der Waals surface area contributed by atoms with Crippen molar-refractivity contribution in [1.82, 2.24) is 5.32 Å². The topological polar surface area (TPSA) is 73.6 Å². The van der Waals surface area contributed by atoms with E-state index in [0.29, 0.717) is 6.61 Å². The van der Waals surface area contributed by atoms with Crippen LogP contribution in [0.5, 0.6) is 0 Å². The molecule has 1 spiro atoms. The summed E-state index contributed by atoms with van der Waals surface area (Å²) in [6.45, 7) is 5.80. The van der Waals surface area contributed by atoms with Crippen LogP contribution < -0.4 is 11.1 Å². The van der Waals surface area contributed by atoms with Crippen molar-refractivity contribution in [3.05, 3.63) is 0 Å². The highest BCUT2D eigenvalue weighted by Gasteiger charge is 2.42. The molecule has 17 heavy (non-hydrogen) atoms. The Morgan fingerprint density at radius 2 is 2.24 bits per heavy atom. The number of hydrogen-bond donors (Lipinski definition) is 2. The number of carbonyl (C=O) groups is 1. The molecule has 2 atom stereocenters. The number of nitrogens with one attached hydrogen (secondary N) is 1. The average Bonchev–Trinajstić information content (AvgIpc) is 2.65. The zero-order valence-electron chi connectivity index (χ0n) is 10.6. The van der Waals surface area contributed by atoms with E-state index in [1.807, 2.05) is 13.8 Å². The molecule has 5 heteroatoms. The van der Waals surface area contributed by atoms with Gasteiger partial charge in [-0.1, -0.05) is 0 Å². The van der Waals surface area contributed by atoms with Gasteiger partial charge in [0.25, 0.3) is 0 Å². The van der Waals surface area contributed by atoms with E-state index in [1.165, 1.54) is 0 Å². The Bertz CT molecular complexity index is 298. The third kappa shape index (κ3) is 2.78. The van der Waals surface area contributed by atoms with Crippen LogP contribution in [0.3, 0.4) is 0 Å². The van der Waals surface area contributed by atoms with E-state index in [1.54, 1.807) is 0 Å². The monoisotopic (exact) mass is 242 g/mol. The summed E-state index contributed by atoms with van der Waals surface area (Å²) in [7, 11) is 0. The van der Waals surface area contributed by atoms with Gasteiger partial charge in [0, 0.05) is 25.7 Å². The third-order valence-corrected chi connectivity index (χ3v) is 3.74. The Morgan fingerprint density at radius 1 is 1.47 bits per heavy atom. The minimum absolute atomic E-state index is 0.135. The molecule has 0 radical (unpaired) electrons. The Balaban J connectivity index is 1.96. The number of rotatable bonds is 3. The molecular weight excluding hydrogens is 220 g/mol. The Hall–Kier alpha value is -0.650. The number of carbonyl (C=O) groups excluding carboxylic acids is 1. The molecule has 2 rings (SSSR count). The van der Waals surface area contributed by atoms with Gasteiger partial charge in [-0.3, -0.25) is 4.79 Å². The van der Waals surface area contributed by atoms with Crippen LogP contribution in [0.4, 0.5) is 0 Å². The van der Waals surface area contributed by atoms with Crippen molar-refractivity contribution in [2.75, 3.05) is 19.8 Å². The van der Waals surface area contributed by atoms with Gasteiger partial charge >= 0.3 is 0 Å². The van der Waals surface area contributed by atoms with Crippen molar-refractivity contribution in [1.29, 1.82) is 0 Å². The summed E-state index contributed by atoms with van der Waals surface area (Å²) in [6, 6.07) is 0.271. The lowest BCUT2D eigenvalue weighted by Crippen LogP contribution is -2.58. The van der Waals surface area contributed by atoms with Crippen molar-refractivity contribution >= 4 is 5.91 Å². The van der Waals surface area contributed by atoms with Crippen LogP contribution in [0.1, 0.15) is 33.1 Å². The van der Waals surface area contributed by atoms with Gasteiger partial charge in [-0.2, -0.15) is 0 Å². The summed E-state index contributed by atoms with van der Waals surface area (Å²) < 4.78 is 11.3. The number of primary amides is 1. The number of nitrogens with two attached hydrogens (primary N) is 1. The highest BCUT2D eigenvalue weighted by Crippen LogP contribution is 2.33. The fraction of sp³-hybridized carbons (Fsp3) is 0.917. The van der Waals surface area contributed by atoms with Crippen molar-refractivity contribution in [2.45, 2.75) is 50.3 Å². The van der Waals surface area contributed by atoms with Gasteiger partial charge in [-0.05, 0) is 26.7 Å². The molecule has 2 aliphatic rings. The molecule has 98 valence electrons. The smallest absolute Gasteiger partial charge is 0.237 e. The van der Waals surface area contributed by atoms with Crippen molar-refractivity contribution < 1.29 is 14.3 Å². The lowest BCUT2D eigenvalue weighted by molar-refractivity contribution is -0.125. The number of ether oxygens (including phenoxy) is 2. The molecule has 2 saturated heterocycles. The normalized spacial score (nSPS) is 34.1. The second-order valence-corrected chi connectivity index (χ2v) is 5.66. The van der Waals surface area contributed by atoms with Gasteiger partial charge in [0.2, 0.25) is 5.91 Å². The maximum absolute atomic E-state index is 11.3. The fourth-order valence-corrected chi connectivity index (χ4v) is 2.60. The van der Waals surface area contributed by atoms with Crippen LogP contribution in [0, 0.1) is 0 Å². The highest BCUT2D eigenvalue weighted by molar-refractivity contribution is 5.83. The van der Waals surface area contributed by atoms with E-state index in [2.05, 4.69) is 5.32 Å². The van der Waals surface area contributed by atoms with Gasteiger partial charge in [-0.25, -0.2) is 0 Å². The first-order valence-electron chi connectivity index (χ1n) is 6.23. The molecule has 0 saturated carbocycles. The maximum Gasteiger partial charge on any atom is 0.237 e. The van der Waals surface area contributed by atoms with E-state index < -0.39 is 5.54 Å². The summed E-state index contributed by atoms with van der Waals surface area (Å²) in [5.74, 6) is -0.319. The molecule has 2 heterocycles. The first kappa shape index (κ1) is 12.8. The lowest BCUT2D eigenvalue weighted by Gasteiger charge is -2.40. The summed E-state index contributed by atoms with van der Waals surface area (Å²) in [5, 5.41) is 3.34. The Morgan fingerprint density at radius 3 is 2.82 bits per heavy atom. The molecule has 1 amide bonds. The predicted molar refractivity (Wildman–Crippen MR) is 63.6 cm³/mol. The average molecular weight is 242 g/mol. The molecule has 0 aromatic heterocycles. The Labute approximate surface area is 102 Å². The molecular formula is C12H22N2O3. The van der Waals surface area contributed by atoms with Crippen LogP contribution in [0.2, 0.25) is 0 Å². The fourth-order valence-electron chi connectivity index (χ4n) is 2.60. The Kier molecular flexibility index (Phi) is 3.43. The van der Waals surface area contributed by atoms with E-state index >= 15 is 0 Å². The quantitative estimate of drug-likeness (QED) is 0.740. The van der Waals surface area contributed by atoms with Crippen LogP contribution >= 0.6 is 0 Å². The van der Waals surface area contributed by atoms with Crippen LogP contribution in [-0.4, -0.2) is 42.9 Å². The summed E-state index contributed by atoms with van der Waals surface area (Å²) in [5.41, 5.74) is 4.58. The van der Waals surface area contributed by atoms with E-state index in [-0.39, 0.29) is 17.6 Å². The van der Waals surface area contributed by atoms with Gasteiger partial charge in [0.1, 0.15) is 0 Å². The van der Waals surface area contributed by atoms with Crippen molar-refractivity contribution in [2.24, 2.45) is 5.73 Å². The number of amides is 1. The lowest BCUT2D eigenvalue weighted by atomic mass is 9.88. The molecule has 3 N–H and O–H groups in total. The standard InChI is InChI=1S/C12H22N2O3/c1-11(2,10(13)15)14-9-3-5-17-12(7-9)4-6-16-8-12/h9,14H,3-8H2,1-2H3,(H2,13,15). The molecule has 0 aliphatic carbocycles. The van der Waals surface area contributed by atoms with E-state index in [9.17, 15) is 4.79 Å². The molecule has 2 fully saturated rings. The second kappa shape index (κ2) is 4.55. The van der Waals surface area contributed by atoms with Gasteiger partial charge in [-0.15, -0.1) is 0 Å². The SMILES string of the molecule is CC(C)(NC1CCOC2(CCOC2)C1)C(N)=O. The van der Waals surface area contributed by atoms with Crippen LogP contribution in [-0.2, 0) is 14.3 Å². The van der Waals surface area contributed by atoms with E-state index in [4.69, 9.17) is 15.2 Å². The van der Waals surface area contributed by atoms with Crippen LogP contribution in [0.25, 0.3) is 0 Å². The van der Waals surface area contributed by atoms with Gasteiger partial charge in [0.15, 0.2) is 0 Å². The zero-order valence-corrected chi connectivity index (χ0v) is 10.6. The van der Waals surface area contributed by atoms with Crippen molar-refractivity contribution in [3.8, 4) is 0 Å². The molecule has 5 nitrogen and oxygen atoms in total. The first-order valence-corrected chi connectivity index (χ1v) is 6.23. The van der Waals surface area contributed by atoms with Crippen molar-refractivity contribution in [3.63, 3.8) is 0 Å². The summed E-state index contributed by atoms with van der Waals surface area (Å²) in [6.07, 6.45) is 2.75. The summed E-state index contributed by atoms with van der Waals surface area (Å²) in [4.78, 5) is 11.3. The minimum atomic E-state index is -0.664. The largest absolute Gasteiger partial charge is 0.378 e. The molecule has 0 aromatic rings. The second-order valence-electron chi connectivity index (χ2n) is 5.66. The van der Waals surface area contributed by atoms with Crippen LogP contribution in [0.15, 0.2) is 0 Å². The zero-order chi connectivity index (χ0) is 12.5. The minimum Gasteiger partial charge on any atom is -0.378 e. The highest BCUT2D eigenvalue weighted by atomic mass is 16.6. The van der Waals surface area contributed by atoms with Gasteiger partial charge in [0.05, 0.1) is 17.7 Å². The molecule has 0 bridgehead atoms. The summed E-state index contributed by atoms with van der Waals surface area (Å²) >= 11 is 0. The molecule has 2 unspecified atom stereocenters. The first-order chi connectivity index (χ1) is 7.94. The van der Waals surface area contributed by atoms with Gasteiger partial charge < -0.3 is 20.5 Å². The molecule has 0 aromatic carbocycles. The third-order valence-electron chi connectivity index (χ3n) is 3.74. The molecule has 2 aliphatic heterocycles. The maximum atomic E-state index is 11.3. The predicted octanol–water partition coefficient (Wildman–Crippen LogP) is 0.178.